The number of ether oxygens (including phenoxy) is 1. The second-order valence-electron chi connectivity index (χ2n) is 4.96. The summed E-state index contributed by atoms with van der Waals surface area (Å²) in [6.45, 7) is 5.45. The Kier molecular flexibility index (Phi) is 5.57. The maximum Gasteiger partial charge on any atom is 0.241 e. The van der Waals surface area contributed by atoms with Gasteiger partial charge in [-0.15, -0.1) is 0 Å². The summed E-state index contributed by atoms with van der Waals surface area (Å²) >= 11 is 0. The minimum Gasteiger partial charge on any atom is -0.494 e. The number of nitrogens with one attached hydrogen (secondary N) is 2. The Morgan fingerprint density at radius 3 is 2.82 bits per heavy atom. The lowest BCUT2D eigenvalue weighted by Crippen LogP contribution is -2.33. The molecule has 6 nitrogen and oxygen atoms in total. The third kappa shape index (κ3) is 4.32. The molecule has 0 unspecified atom stereocenters. The van der Waals surface area contributed by atoms with Gasteiger partial charge in [-0.25, -0.2) is 17.7 Å². The summed E-state index contributed by atoms with van der Waals surface area (Å²) in [5, 5.41) is 0. The van der Waals surface area contributed by atoms with E-state index in [9.17, 15) is 8.42 Å². The SMILES string of the molecule is CCOc1ccc(S(=O)(=O)NCCC[n+]2cc[nH]c2)cc1C. The van der Waals surface area contributed by atoms with E-state index < -0.39 is 10.0 Å². The molecule has 0 bridgehead atoms. The molecule has 0 saturated heterocycles. The molecule has 1 aromatic carbocycles. The first-order valence-electron chi connectivity index (χ1n) is 7.28. The molecule has 2 aromatic rings. The number of sulfonamides is 1. The van der Waals surface area contributed by atoms with Crippen molar-refractivity contribution in [3.8, 4) is 5.75 Å². The van der Waals surface area contributed by atoms with Crippen LogP contribution in [-0.4, -0.2) is 26.6 Å². The first kappa shape index (κ1) is 16.5. The number of H-pyrrole nitrogens is 1. The molecule has 0 aliphatic heterocycles. The Bertz CT molecular complexity index is 697. The Morgan fingerprint density at radius 1 is 1.36 bits per heavy atom. The molecule has 0 fully saturated rings. The smallest absolute Gasteiger partial charge is 0.241 e. The Morgan fingerprint density at radius 2 is 2.18 bits per heavy atom. The largest absolute Gasteiger partial charge is 0.494 e. The highest BCUT2D eigenvalue weighted by Gasteiger charge is 2.15. The number of nitrogens with zero attached hydrogens (tertiary/aromatic N) is 1. The van der Waals surface area contributed by atoms with Gasteiger partial charge in [0, 0.05) is 6.54 Å². The molecule has 7 heteroatoms. The van der Waals surface area contributed by atoms with Crippen LogP contribution in [0.25, 0.3) is 0 Å². The van der Waals surface area contributed by atoms with Gasteiger partial charge in [0.05, 0.1) is 18.0 Å². The van der Waals surface area contributed by atoms with Crippen LogP contribution >= 0.6 is 0 Å². The molecule has 0 aliphatic carbocycles. The normalized spacial score (nSPS) is 11.5. The average Bonchev–Trinajstić information content (AvgIpc) is 2.99. The Labute approximate surface area is 131 Å². The Hall–Kier alpha value is -1.86. The van der Waals surface area contributed by atoms with E-state index in [1.807, 2.05) is 37.1 Å². The summed E-state index contributed by atoms with van der Waals surface area (Å²) in [6, 6.07) is 4.90. The fourth-order valence-electron chi connectivity index (χ4n) is 2.12. The third-order valence-electron chi connectivity index (χ3n) is 3.24. The minimum atomic E-state index is -3.48. The first-order chi connectivity index (χ1) is 10.5. The van der Waals surface area contributed by atoms with Gasteiger partial charge in [-0.3, -0.25) is 4.98 Å². The van der Waals surface area contributed by atoms with E-state index in [2.05, 4.69) is 9.71 Å². The van der Waals surface area contributed by atoms with Crippen LogP contribution in [-0.2, 0) is 16.6 Å². The Balaban J connectivity index is 1.93. The molecular weight excluding hydrogens is 302 g/mol. The first-order valence-corrected chi connectivity index (χ1v) is 8.76. The van der Waals surface area contributed by atoms with Crippen molar-refractivity contribution in [1.29, 1.82) is 0 Å². The van der Waals surface area contributed by atoms with Crippen molar-refractivity contribution >= 4 is 10.0 Å². The predicted octanol–water partition coefficient (Wildman–Crippen LogP) is 1.38. The highest BCUT2D eigenvalue weighted by Crippen LogP contribution is 2.21. The molecule has 0 aliphatic rings. The number of imidazole rings is 1. The van der Waals surface area contributed by atoms with Gasteiger partial charge in [0.15, 0.2) is 0 Å². The van der Waals surface area contributed by atoms with E-state index >= 15 is 0 Å². The molecular formula is C15H22N3O3S+. The van der Waals surface area contributed by atoms with E-state index in [-0.39, 0.29) is 4.90 Å². The van der Waals surface area contributed by atoms with Gasteiger partial charge in [-0.1, -0.05) is 0 Å². The fraction of sp³-hybridized carbons (Fsp3) is 0.400. The fourth-order valence-corrected chi connectivity index (χ4v) is 3.28. The van der Waals surface area contributed by atoms with E-state index in [1.165, 1.54) is 0 Å². The zero-order valence-electron chi connectivity index (χ0n) is 12.9. The van der Waals surface area contributed by atoms with Crippen LogP contribution in [0.2, 0.25) is 0 Å². The lowest BCUT2D eigenvalue weighted by Gasteiger charge is -2.10. The third-order valence-corrected chi connectivity index (χ3v) is 4.70. The molecule has 2 N–H and O–H groups in total. The maximum atomic E-state index is 12.2. The lowest BCUT2D eigenvalue weighted by molar-refractivity contribution is -0.695. The molecule has 22 heavy (non-hydrogen) atoms. The second-order valence-corrected chi connectivity index (χ2v) is 6.73. The predicted molar refractivity (Wildman–Crippen MR) is 83.1 cm³/mol. The number of hydrogen-bond acceptors (Lipinski definition) is 3. The number of aryl methyl sites for hydroxylation is 2. The molecule has 0 radical (unpaired) electrons. The molecule has 0 atom stereocenters. The van der Waals surface area contributed by atoms with Crippen LogP contribution in [0.3, 0.4) is 0 Å². The quantitative estimate of drug-likeness (QED) is 0.569. The van der Waals surface area contributed by atoms with Crippen molar-refractivity contribution in [2.45, 2.75) is 31.7 Å². The average molecular weight is 324 g/mol. The van der Waals surface area contributed by atoms with Crippen LogP contribution in [0.1, 0.15) is 18.9 Å². The molecule has 0 saturated carbocycles. The summed E-state index contributed by atoms with van der Waals surface area (Å²) in [5.41, 5.74) is 0.813. The van der Waals surface area contributed by atoms with Crippen LogP contribution in [0.5, 0.6) is 5.75 Å². The zero-order valence-corrected chi connectivity index (χ0v) is 13.7. The van der Waals surface area contributed by atoms with Crippen molar-refractivity contribution in [3.63, 3.8) is 0 Å². The monoisotopic (exact) mass is 324 g/mol. The van der Waals surface area contributed by atoms with Crippen molar-refractivity contribution in [2.24, 2.45) is 0 Å². The number of aromatic amines is 1. The van der Waals surface area contributed by atoms with Crippen LogP contribution in [0.4, 0.5) is 0 Å². The van der Waals surface area contributed by atoms with Gasteiger partial charge in [-0.2, -0.15) is 0 Å². The van der Waals surface area contributed by atoms with Gasteiger partial charge >= 0.3 is 0 Å². The molecule has 120 valence electrons. The molecule has 1 heterocycles. The topological polar surface area (TPSA) is 75.1 Å². The summed E-state index contributed by atoms with van der Waals surface area (Å²) in [7, 11) is -3.48. The summed E-state index contributed by atoms with van der Waals surface area (Å²) in [5.74, 6) is 0.713. The van der Waals surface area contributed by atoms with Crippen molar-refractivity contribution in [1.82, 2.24) is 9.71 Å². The highest BCUT2D eigenvalue weighted by molar-refractivity contribution is 7.89. The summed E-state index contributed by atoms with van der Waals surface area (Å²) in [4.78, 5) is 3.21. The van der Waals surface area contributed by atoms with Crippen LogP contribution in [0, 0.1) is 6.92 Å². The van der Waals surface area contributed by atoms with Crippen molar-refractivity contribution in [2.75, 3.05) is 13.2 Å². The standard InChI is InChI=1S/C15H21N3O3S/c1-3-21-15-6-5-14(11-13(15)2)22(19,20)17-7-4-9-18-10-8-16-12-18/h5-6,8,10-12,17H,3-4,7,9H2,1-2H3/p+1. The zero-order chi connectivity index (χ0) is 16.0. The molecule has 0 amide bonds. The summed E-state index contributed by atoms with van der Waals surface area (Å²) in [6.07, 6.45) is 6.29. The van der Waals surface area contributed by atoms with Gasteiger partial charge < -0.3 is 4.74 Å². The van der Waals surface area contributed by atoms with Gasteiger partial charge in [0.2, 0.25) is 16.4 Å². The van der Waals surface area contributed by atoms with Crippen molar-refractivity contribution in [3.05, 3.63) is 42.5 Å². The van der Waals surface area contributed by atoms with Gasteiger partial charge in [0.25, 0.3) is 0 Å². The molecule has 2 rings (SSSR count). The van der Waals surface area contributed by atoms with Crippen molar-refractivity contribution < 1.29 is 17.7 Å². The molecule has 0 spiro atoms. The van der Waals surface area contributed by atoms with E-state index in [4.69, 9.17) is 4.74 Å². The van der Waals surface area contributed by atoms with E-state index in [0.29, 0.717) is 18.9 Å². The summed E-state index contributed by atoms with van der Waals surface area (Å²) < 4.78 is 34.5. The maximum absolute atomic E-state index is 12.2. The minimum absolute atomic E-state index is 0.266. The van der Waals surface area contributed by atoms with E-state index in [0.717, 1.165) is 18.5 Å². The van der Waals surface area contributed by atoms with Gasteiger partial charge in [-0.05, 0) is 44.0 Å². The lowest BCUT2D eigenvalue weighted by atomic mass is 10.2. The van der Waals surface area contributed by atoms with Gasteiger partial charge in [0.1, 0.15) is 18.1 Å². The highest BCUT2D eigenvalue weighted by atomic mass is 32.2. The number of hydrogen-bond donors (Lipinski definition) is 2. The second kappa shape index (κ2) is 7.42. The van der Waals surface area contributed by atoms with Crippen LogP contribution < -0.4 is 14.0 Å². The number of aromatic nitrogens is 2. The van der Waals surface area contributed by atoms with E-state index in [1.54, 1.807) is 18.2 Å². The number of rotatable bonds is 8. The molecule has 1 aromatic heterocycles. The number of benzene rings is 1. The van der Waals surface area contributed by atoms with Crippen LogP contribution in [0.15, 0.2) is 41.8 Å².